The van der Waals surface area contributed by atoms with Gasteiger partial charge in [-0.2, -0.15) is 0 Å². The Bertz CT molecular complexity index is 678. The Hall–Kier alpha value is -2.20. The number of aromatic nitrogens is 1. The monoisotopic (exact) mass is 309 g/mol. The van der Waals surface area contributed by atoms with E-state index in [0.29, 0.717) is 5.92 Å². The Balaban J connectivity index is 1.73. The Morgan fingerprint density at radius 2 is 1.87 bits per heavy atom. The maximum Gasteiger partial charge on any atom is 0.244 e. The molecule has 4 heteroatoms. The van der Waals surface area contributed by atoms with E-state index < -0.39 is 0 Å². The third kappa shape index (κ3) is 3.13. The fraction of sp³-hybridized carbons (Fsp3) is 0.368. The van der Waals surface area contributed by atoms with Gasteiger partial charge in [-0.05, 0) is 44.3 Å². The number of carbonyl (C=O) groups excluding carboxylic acids is 1. The lowest BCUT2D eigenvalue weighted by Gasteiger charge is -2.42. The molecule has 0 bridgehead atoms. The van der Waals surface area contributed by atoms with E-state index in [1.807, 2.05) is 66.5 Å². The minimum absolute atomic E-state index is 0.177. The van der Waals surface area contributed by atoms with Crippen molar-refractivity contribution in [3.8, 4) is 0 Å². The molecule has 1 aromatic heterocycles. The van der Waals surface area contributed by atoms with Gasteiger partial charge in [0.05, 0.1) is 0 Å². The molecular formula is C19H23N3O. The Morgan fingerprint density at radius 3 is 2.48 bits per heavy atom. The number of likely N-dealkylation sites (N-methyl/N-ethyl adjacent to an activating group) is 1. The molecule has 2 aromatic rings. The predicted octanol–water partition coefficient (Wildman–Crippen LogP) is 2.62. The average molecular weight is 309 g/mol. The fourth-order valence-corrected chi connectivity index (χ4v) is 3.16. The molecule has 0 saturated carbocycles. The molecule has 1 atom stereocenters. The summed E-state index contributed by atoms with van der Waals surface area (Å²) in [4.78, 5) is 21.3. The maximum atomic E-state index is 13.0. The molecule has 1 saturated heterocycles. The van der Waals surface area contributed by atoms with Gasteiger partial charge in [-0.15, -0.1) is 0 Å². The number of pyridine rings is 1. The van der Waals surface area contributed by atoms with Crippen LogP contribution in [0.2, 0.25) is 0 Å². The first-order valence-corrected chi connectivity index (χ1v) is 7.99. The number of rotatable bonds is 4. The van der Waals surface area contributed by atoms with Gasteiger partial charge in [0.2, 0.25) is 5.91 Å². The molecule has 0 radical (unpaired) electrons. The van der Waals surface area contributed by atoms with E-state index in [4.69, 9.17) is 0 Å². The van der Waals surface area contributed by atoms with Crippen molar-refractivity contribution in [2.75, 3.05) is 27.2 Å². The molecule has 2 heterocycles. The number of carbonyl (C=O) groups is 1. The van der Waals surface area contributed by atoms with Crippen molar-refractivity contribution in [2.24, 2.45) is 0 Å². The third-order valence-electron chi connectivity index (χ3n) is 4.53. The molecule has 1 aromatic carbocycles. The van der Waals surface area contributed by atoms with Crippen LogP contribution < -0.4 is 0 Å². The van der Waals surface area contributed by atoms with Gasteiger partial charge in [0, 0.05) is 30.9 Å². The fourth-order valence-electron chi connectivity index (χ4n) is 3.16. The van der Waals surface area contributed by atoms with Crippen molar-refractivity contribution in [2.45, 2.75) is 18.9 Å². The zero-order chi connectivity index (χ0) is 16.4. The van der Waals surface area contributed by atoms with Crippen LogP contribution in [0.15, 0.2) is 48.7 Å². The second-order valence-electron chi connectivity index (χ2n) is 6.42. The highest BCUT2D eigenvalue weighted by Crippen LogP contribution is 2.31. The molecule has 3 rings (SSSR count). The average Bonchev–Trinajstić information content (AvgIpc) is 2.49. The lowest BCUT2D eigenvalue weighted by Crippen LogP contribution is -2.52. The number of hydrogen-bond donors (Lipinski definition) is 0. The number of hydrogen-bond acceptors (Lipinski definition) is 3. The molecule has 4 nitrogen and oxygen atoms in total. The smallest absolute Gasteiger partial charge is 0.244 e. The van der Waals surface area contributed by atoms with Gasteiger partial charge in [0.25, 0.3) is 0 Å². The van der Waals surface area contributed by atoms with Crippen molar-refractivity contribution < 1.29 is 4.79 Å². The van der Waals surface area contributed by atoms with Crippen LogP contribution in [-0.2, 0) is 4.79 Å². The van der Waals surface area contributed by atoms with Crippen LogP contribution in [0.4, 0.5) is 0 Å². The molecule has 0 aliphatic carbocycles. The summed E-state index contributed by atoms with van der Waals surface area (Å²) in [7, 11) is 3.93. The predicted molar refractivity (Wildman–Crippen MR) is 91.2 cm³/mol. The summed E-state index contributed by atoms with van der Waals surface area (Å²) < 4.78 is 0. The first kappa shape index (κ1) is 15.7. The van der Waals surface area contributed by atoms with Gasteiger partial charge in [-0.1, -0.05) is 30.3 Å². The maximum absolute atomic E-state index is 13.0. The van der Waals surface area contributed by atoms with Crippen LogP contribution in [0, 0.1) is 6.92 Å². The van der Waals surface area contributed by atoms with Gasteiger partial charge < -0.3 is 4.90 Å². The van der Waals surface area contributed by atoms with Crippen molar-refractivity contribution in [3.63, 3.8) is 0 Å². The molecule has 0 unspecified atom stereocenters. The third-order valence-corrected chi connectivity index (χ3v) is 4.53. The lowest BCUT2D eigenvalue weighted by atomic mass is 9.92. The molecule has 0 N–H and O–H groups in total. The zero-order valence-electron chi connectivity index (χ0n) is 13.9. The Morgan fingerprint density at radius 1 is 1.17 bits per heavy atom. The number of likely N-dealkylation sites (tertiary alicyclic amines) is 1. The highest BCUT2D eigenvalue weighted by molar-refractivity contribution is 5.84. The molecule has 1 aliphatic rings. The molecule has 1 aliphatic heterocycles. The number of aryl methyl sites for hydroxylation is 1. The Labute approximate surface area is 137 Å². The molecule has 0 spiro atoms. The SMILES string of the molecule is Cc1ccccc1[C@@H](C(=O)N1CC(c2ccccn2)C1)N(C)C. The van der Waals surface area contributed by atoms with E-state index in [2.05, 4.69) is 18.0 Å². The minimum atomic E-state index is -0.221. The van der Waals surface area contributed by atoms with Gasteiger partial charge in [0.15, 0.2) is 0 Å². The van der Waals surface area contributed by atoms with Crippen LogP contribution >= 0.6 is 0 Å². The summed E-state index contributed by atoms with van der Waals surface area (Å²) in [6.45, 7) is 3.57. The second-order valence-corrected chi connectivity index (χ2v) is 6.42. The van der Waals surface area contributed by atoms with Crippen molar-refractivity contribution in [1.29, 1.82) is 0 Å². The van der Waals surface area contributed by atoms with Gasteiger partial charge in [0.1, 0.15) is 6.04 Å². The summed E-state index contributed by atoms with van der Waals surface area (Å²) in [5.74, 6) is 0.538. The van der Waals surface area contributed by atoms with Gasteiger partial charge in [-0.25, -0.2) is 0 Å². The van der Waals surface area contributed by atoms with E-state index in [-0.39, 0.29) is 11.9 Å². The van der Waals surface area contributed by atoms with Gasteiger partial charge in [-0.3, -0.25) is 14.7 Å². The quantitative estimate of drug-likeness (QED) is 0.871. The summed E-state index contributed by atoms with van der Waals surface area (Å²) in [5, 5.41) is 0. The topological polar surface area (TPSA) is 36.4 Å². The minimum Gasteiger partial charge on any atom is -0.340 e. The van der Waals surface area contributed by atoms with Crippen LogP contribution in [-0.4, -0.2) is 47.9 Å². The van der Waals surface area contributed by atoms with Crippen LogP contribution in [0.25, 0.3) is 0 Å². The molecule has 23 heavy (non-hydrogen) atoms. The largest absolute Gasteiger partial charge is 0.340 e. The highest BCUT2D eigenvalue weighted by atomic mass is 16.2. The summed E-state index contributed by atoms with van der Waals surface area (Å²) in [5.41, 5.74) is 3.32. The number of nitrogens with zero attached hydrogens (tertiary/aromatic N) is 3. The Kier molecular flexibility index (Phi) is 4.44. The number of amides is 1. The van der Waals surface area contributed by atoms with Crippen LogP contribution in [0.5, 0.6) is 0 Å². The standard InChI is InChI=1S/C19H23N3O/c1-14-8-4-5-9-16(14)18(21(2)3)19(23)22-12-15(13-22)17-10-6-7-11-20-17/h4-11,15,18H,12-13H2,1-3H3/t18-/m0/s1. The van der Waals surface area contributed by atoms with E-state index in [9.17, 15) is 4.79 Å². The van der Waals surface area contributed by atoms with E-state index in [1.54, 1.807) is 0 Å². The summed E-state index contributed by atoms with van der Waals surface area (Å²) in [6, 6.07) is 13.9. The molecule has 120 valence electrons. The first-order chi connectivity index (χ1) is 11.1. The first-order valence-electron chi connectivity index (χ1n) is 7.99. The van der Waals surface area contributed by atoms with Crippen molar-refractivity contribution in [1.82, 2.24) is 14.8 Å². The van der Waals surface area contributed by atoms with Crippen LogP contribution in [0.3, 0.4) is 0 Å². The van der Waals surface area contributed by atoms with E-state index in [0.717, 1.165) is 29.9 Å². The van der Waals surface area contributed by atoms with Gasteiger partial charge >= 0.3 is 0 Å². The molecule has 1 amide bonds. The summed E-state index contributed by atoms with van der Waals surface area (Å²) in [6.07, 6.45) is 1.82. The van der Waals surface area contributed by atoms with E-state index in [1.165, 1.54) is 0 Å². The normalized spacial score (nSPS) is 16.3. The zero-order valence-corrected chi connectivity index (χ0v) is 13.9. The summed E-state index contributed by atoms with van der Waals surface area (Å²) >= 11 is 0. The van der Waals surface area contributed by atoms with Crippen LogP contribution in [0.1, 0.15) is 28.8 Å². The number of benzene rings is 1. The second kappa shape index (κ2) is 6.50. The van der Waals surface area contributed by atoms with Crippen molar-refractivity contribution >= 4 is 5.91 Å². The van der Waals surface area contributed by atoms with Crippen molar-refractivity contribution in [3.05, 3.63) is 65.5 Å². The molecular weight excluding hydrogens is 286 g/mol. The van der Waals surface area contributed by atoms with E-state index >= 15 is 0 Å². The molecule has 1 fully saturated rings. The highest BCUT2D eigenvalue weighted by Gasteiger charge is 2.37. The lowest BCUT2D eigenvalue weighted by molar-refractivity contribution is -0.141.